The minimum Gasteiger partial charge on any atom is -0.341 e. The Morgan fingerprint density at radius 3 is 2.40 bits per heavy atom. The summed E-state index contributed by atoms with van der Waals surface area (Å²) in [5.41, 5.74) is 9.04. The molecule has 2 aliphatic rings. The molecule has 2 N–H and O–H groups in total. The smallest absolute Gasteiger partial charge is 0.239 e. The summed E-state index contributed by atoms with van der Waals surface area (Å²) < 4.78 is 0. The average molecular weight is 406 g/mol. The van der Waals surface area contributed by atoms with Crippen LogP contribution in [-0.2, 0) is 21.4 Å². The average Bonchev–Trinajstić information content (AvgIpc) is 2.98. The number of carbonyl (C=O) groups is 2. The van der Waals surface area contributed by atoms with Crippen LogP contribution in [-0.4, -0.2) is 41.9 Å². The summed E-state index contributed by atoms with van der Waals surface area (Å²) in [6, 6.07) is 17.9. The van der Waals surface area contributed by atoms with Crippen LogP contribution in [0.15, 0.2) is 54.6 Å². The zero-order valence-corrected chi connectivity index (χ0v) is 17.9. The van der Waals surface area contributed by atoms with E-state index >= 15 is 0 Å². The van der Waals surface area contributed by atoms with Gasteiger partial charge in [-0.25, -0.2) is 0 Å². The van der Waals surface area contributed by atoms with Crippen LogP contribution in [0.2, 0.25) is 0 Å². The molecule has 2 heterocycles. The van der Waals surface area contributed by atoms with Gasteiger partial charge in [0, 0.05) is 24.8 Å². The van der Waals surface area contributed by atoms with Gasteiger partial charge in [0.1, 0.15) is 0 Å². The van der Waals surface area contributed by atoms with Gasteiger partial charge < -0.3 is 15.5 Å². The van der Waals surface area contributed by atoms with E-state index in [-0.39, 0.29) is 17.9 Å². The van der Waals surface area contributed by atoms with Crippen LogP contribution >= 0.6 is 0 Å². The van der Waals surface area contributed by atoms with Crippen molar-refractivity contribution < 1.29 is 9.59 Å². The van der Waals surface area contributed by atoms with E-state index < -0.39 is 11.5 Å². The first-order valence-corrected chi connectivity index (χ1v) is 10.9. The monoisotopic (exact) mass is 405 g/mol. The van der Waals surface area contributed by atoms with Gasteiger partial charge in [-0.3, -0.25) is 9.59 Å². The summed E-state index contributed by atoms with van der Waals surface area (Å²) in [5.74, 6) is 0.186. The summed E-state index contributed by atoms with van der Waals surface area (Å²) in [6.45, 7) is 5.29. The van der Waals surface area contributed by atoms with Crippen molar-refractivity contribution in [1.82, 2.24) is 4.90 Å². The Morgan fingerprint density at radius 1 is 1.07 bits per heavy atom. The van der Waals surface area contributed by atoms with Crippen molar-refractivity contribution in [2.45, 2.75) is 57.0 Å². The maximum atomic E-state index is 13.2. The third kappa shape index (κ3) is 3.74. The highest BCUT2D eigenvalue weighted by molar-refractivity contribution is 6.08. The molecule has 2 aromatic rings. The number of anilines is 1. The first kappa shape index (κ1) is 20.6. The standard InChI is InChI=1S/C25H31N3O2/c1-25(2)20-10-6-7-11-22(20)28(24(25)30)19-14-16-27(17-15-19)23(29)21(26)13-12-18-8-4-3-5-9-18/h3-11,19,21H,12-17,26H2,1-2H3. The van der Waals surface area contributed by atoms with Crippen molar-refractivity contribution in [2.24, 2.45) is 5.73 Å². The van der Waals surface area contributed by atoms with Gasteiger partial charge in [0.05, 0.1) is 11.5 Å². The fraction of sp³-hybridized carbons (Fsp3) is 0.440. The topological polar surface area (TPSA) is 66.6 Å². The summed E-state index contributed by atoms with van der Waals surface area (Å²) in [7, 11) is 0. The second-order valence-electron chi connectivity index (χ2n) is 9.00. The van der Waals surface area contributed by atoms with E-state index in [1.165, 1.54) is 5.56 Å². The van der Waals surface area contributed by atoms with Gasteiger partial charge in [-0.15, -0.1) is 0 Å². The van der Waals surface area contributed by atoms with Gasteiger partial charge in [0.15, 0.2) is 0 Å². The zero-order chi connectivity index (χ0) is 21.3. The van der Waals surface area contributed by atoms with Gasteiger partial charge >= 0.3 is 0 Å². The van der Waals surface area contributed by atoms with Crippen LogP contribution in [0.5, 0.6) is 0 Å². The van der Waals surface area contributed by atoms with Crippen LogP contribution < -0.4 is 10.6 Å². The van der Waals surface area contributed by atoms with Gasteiger partial charge in [0.25, 0.3) is 0 Å². The molecule has 1 atom stereocenters. The van der Waals surface area contributed by atoms with Crippen molar-refractivity contribution in [3.63, 3.8) is 0 Å². The molecule has 2 aromatic carbocycles. The molecule has 1 unspecified atom stereocenters. The Kier molecular flexibility index (Phi) is 5.65. The van der Waals surface area contributed by atoms with Crippen molar-refractivity contribution in [3.05, 3.63) is 65.7 Å². The number of nitrogens with zero attached hydrogens (tertiary/aromatic N) is 2. The number of aryl methyl sites for hydroxylation is 1. The molecular formula is C25H31N3O2. The van der Waals surface area contributed by atoms with E-state index in [1.807, 2.05) is 60.0 Å². The van der Waals surface area contributed by atoms with Crippen molar-refractivity contribution in [3.8, 4) is 0 Å². The highest BCUT2D eigenvalue weighted by Gasteiger charge is 2.46. The molecule has 0 saturated carbocycles. The molecule has 0 aromatic heterocycles. The van der Waals surface area contributed by atoms with Crippen LogP contribution in [0.1, 0.15) is 44.2 Å². The predicted molar refractivity (Wildman–Crippen MR) is 119 cm³/mol. The number of rotatable bonds is 5. The van der Waals surface area contributed by atoms with E-state index in [2.05, 4.69) is 18.2 Å². The highest BCUT2D eigenvalue weighted by Crippen LogP contribution is 2.43. The molecule has 0 spiro atoms. The number of nitrogens with two attached hydrogens (primary N) is 1. The fourth-order valence-electron chi connectivity index (χ4n) is 4.77. The molecule has 1 fully saturated rings. The first-order chi connectivity index (χ1) is 14.4. The number of hydrogen-bond donors (Lipinski definition) is 1. The van der Waals surface area contributed by atoms with Gasteiger partial charge in [-0.05, 0) is 56.7 Å². The normalized spacial score (nSPS) is 19.6. The molecule has 5 nitrogen and oxygen atoms in total. The van der Waals surface area contributed by atoms with Gasteiger partial charge in [-0.2, -0.15) is 0 Å². The van der Waals surface area contributed by atoms with Gasteiger partial charge in [-0.1, -0.05) is 48.5 Å². The van der Waals surface area contributed by atoms with E-state index in [1.54, 1.807) is 0 Å². The SMILES string of the molecule is CC1(C)C(=O)N(C2CCN(C(=O)C(N)CCc3ccccc3)CC2)c2ccccc21. The predicted octanol–water partition coefficient (Wildman–Crippen LogP) is 3.26. The van der Waals surface area contributed by atoms with Crippen LogP contribution in [0.3, 0.4) is 0 Å². The van der Waals surface area contributed by atoms with E-state index in [0.29, 0.717) is 19.5 Å². The largest absolute Gasteiger partial charge is 0.341 e. The number of likely N-dealkylation sites (tertiary alicyclic amines) is 1. The molecule has 5 heteroatoms. The van der Waals surface area contributed by atoms with Crippen LogP contribution in [0.25, 0.3) is 0 Å². The summed E-state index contributed by atoms with van der Waals surface area (Å²) in [5, 5.41) is 0. The molecule has 30 heavy (non-hydrogen) atoms. The Hall–Kier alpha value is -2.66. The van der Waals surface area contributed by atoms with Crippen molar-refractivity contribution >= 4 is 17.5 Å². The maximum absolute atomic E-state index is 13.2. The molecule has 0 aliphatic carbocycles. The maximum Gasteiger partial charge on any atom is 0.239 e. The fourth-order valence-corrected chi connectivity index (χ4v) is 4.77. The number of carbonyl (C=O) groups excluding carboxylic acids is 2. The third-order valence-corrected chi connectivity index (χ3v) is 6.64. The summed E-state index contributed by atoms with van der Waals surface area (Å²) >= 11 is 0. The van der Waals surface area contributed by atoms with Crippen molar-refractivity contribution in [2.75, 3.05) is 18.0 Å². The summed E-state index contributed by atoms with van der Waals surface area (Å²) in [4.78, 5) is 29.8. The van der Waals surface area contributed by atoms with Crippen LogP contribution in [0.4, 0.5) is 5.69 Å². The Bertz CT molecular complexity index is 917. The van der Waals surface area contributed by atoms with E-state index in [0.717, 1.165) is 30.5 Å². The number of benzene rings is 2. The lowest BCUT2D eigenvalue weighted by molar-refractivity contribution is -0.133. The van der Waals surface area contributed by atoms with Crippen molar-refractivity contribution in [1.29, 1.82) is 0 Å². The molecule has 2 aliphatic heterocycles. The lowest BCUT2D eigenvalue weighted by Crippen LogP contribution is -2.52. The lowest BCUT2D eigenvalue weighted by atomic mass is 9.86. The Morgan fingerprint density at radius 2 is 1.70 bits per heavy atom. The van der Waals surface area contributed by atoms with E-state index in [9.17, 15) is 9.59 Å². The number of hydrogen-bond acceptors (Lipinski definition) is 3. The molecule has 0 bridgehead atoms. The van der Waals surface area contributed by atoms with E-state index in [4.69, 9.17) is 5.73 Å². The second-order valence-corrected chi connectivity index (χ2v) is 9.00. The van der Waals surface area contributed by atoms with Crippen LogP contribution in [0, 0.1) is 0 Å². The lowest BCUT2D eigenvalue weighted by Gasteiger charge is -2.38. The first-order valence-electron chi connectivity index (χ1n) is 10.9. The molecule has 2 amide bonds. The molecular weight excluding hydrogens is 374 g/mol. The molecule has 1 saturated heterocycles. The third-order valence-electron chi connectivity index (χ3n) is 6.64. The van der Waals surface area contributed by atoms with Gasteiger partial charge in [0.2, 0.25) is 11.8 Å². The zero-order valence-electron chi connectivity index (χ0n) is 17.9. The Labute approximate surface area is 178 Å². The summed E-state index contributed by atoms with van der Waals surface area (Å²) in [6.07, 6.45) is 3.02. The molecule has 158 valence electrons. The minimum atomic E-state index is -0.497. The quantitative estimate of drug-likeness (QED) is 0.830. The minimum absolute atomic E-state index is 0.0258. The molecule has 0 radical (unpaired) electrons. The second kappa shape index (κ2) is 8.23. The Balaban J connectivity index is 1.36. The number of amides is 2. The molecule has 4 rings (SSSR count). The number of para-hydroxylation sites is 1. The number of fused-ring (bicyclic) bond motifs is 1. The number of piperidine rings is 1. The highest BCUT2D eigenvalue weighted by atomic mass is 16.2.